The highest BCUT2D eigenvalue weighted by molar-refractivity contribution is 5.86. The van der Waals surface area contributed by atoms with Crippen LogP contribution in [0.25, 0.3) is 11.1 Å². The summed E-state index contributed by atoms with van der Waals surface area (Å²) >= 11 is 0. The summed E-state index contributed by atoms with van der Waals surface area (Å²) in [5, 5.41) is 0. The predicted molar refractivity (Wildman–Crippen MR) is 120 cm³/mol. The van der Waals surface area contributed by atoms with E-state index in [9.17, 15) is 9.59 Å². The Bertz CT molecular complexity index is 906. The zero-order valence-corrected chi connectivity index (χ0v) is 18.3. The van der Waals surface area contributed by atoms with E-state index < -0.39 is 5.41 Å². The summed E-state index contributed by atoms with van der Waals surface area (Å²) in [5.41, 5.74) is 2.98. The van der Waals surface area contributed by atoms with Crippen LogP contribution in [0, 0.1) is 17.3 Å². The maximum atomic E-state index is 13.3. The second kappa shape index (κ2) is 8.25. The van der Waals surface area contributed by atoms with Gasteiger partial charge < -0.3 is 9.80 Å². The predicted octanol–water partition coefficient (Wildman–Crippen LogP) is 4.25. The summed E-state index contributed by atoms with van der Waals surface area (Å²) < 4.78 is 0. The van der Waals surface area contributed by atoms with Gasteiger partial charge in [0.25, 0.3) is 0 Å². The molecule has 4 rings (SSSR count). The quantitative estimate of drug-likeness (QED) is 0.748. The largest absolute Gasteiger partial charge is 0.348 e. The van der Waals surface area contributed by atoms with Gasteiger partial charge in [0.1, 0.15) is 0 Å². The van der Waals surface area contributed by atoms with Crippen molar-refractivity contribution in [3.8, 4) is 11.1 Å². The summed E-state index contributed by atoms with van der Waals surface area (Å²) in [5.74, 6) is 1.04. The molecule has 1 aliphatic heterocycles. The van der Waals surface area contributed by atoms with E-state index in [1.807, 2.05) is 37.2 Å². The molecule has 3 atom stereocenters. The lowest BCUT2D eigenvalue weighted by molar-refractivity contribution is -0.147. The number of hydrogen-bond donors (Lipinski definition) is 0. The Morgan fingerprint density at radius 2 is 1.67 bits per heavy atom. The van der Waals surface area contributed by atoms with Crippen molar-refractivity contribution in [3.05, 3.63) is 60.2 Å². The van der Waals surface area contributed by atoms with Gasteiger partial charge in [-0.2, -0.15) is 0 Å². The standard InChI is InChI=1S/C26H32N2O2/c1-19-16-23(19)24(29)28-15-7-14-26(18-28,25(30)27(2)3)17-20-10-12-22(13-11-20)21-8-5-4-6-9-21/h4-6,8-13,19,23H,7,14-18H2,1-3H3. The molecule has 0 spiro atoms. The molecule has 0 aromatic heterocycles. The van der Waals surface area contributed by atoms with E-state index in [1.54, 1.807) is 4.90 Å². The number of carbonyl (C=O) groups is 2. The van der Waals surface area contributed by atoms with Crippen molar-refractivity contribution in [2.45, 2.75) is 32.6 Å². The van der Waals surface area contributed by atoms with Gasteiger partial charge in [0.05, 0.1) is 5.41 Å². The van der Waals surface area contributed by atoms with Crippen LogP contribution >= 0.6 is 0 Å². The molecule has 1 saturated carbocycles. The van der Waals surface area contributed by atoms with Gasteiger partial charge in [-0.05, 0) is 48.3 Å². The fourth-order valence-corrected chi connectivity index (χ4v) is 4.93. The average Bonchev–Trinajstić information content (AvgIpc) is 3.50. The molecule has 158 valence electrons. The van der Waals surface area contributed by atoms with Crippen molar-refractivity contribution in [1.82, 2.24) is 9.80 Å². The van der Waals surface area contributed by atoms with Crippen LogP contribution in [0.1, 0.15) is 31.7 Å². The minimum atomic E-state index is -0.538. The van der Waals surface area contributed by atoms with E-state index in [0.717, 1.165) is 31.4 Å². The van der Waals surface area contributed by atoms with Gasteiger partial charge in [0.2, 0.25) is 11.8 Å². The average molecular weight is 405 g/mol. The maximum Gasteiger partial charge on any atom is 0.230 e. The number of hydrogen-bond acceptors (Lipinski definition) is 2. The normalized spacial score (nSPS) is 25.6. The van der Waals surface area contributed by atoms with Crippen LogP contribution < -0.4 is 0 Å². The third kappa shape index (κ3) is 4.14. The van der Waals surface area contributed by atoms with Crippen molar-refractivity contribution in [3.63, 3.8) is 0 Å². The molecule has 4 heteroatoms. The first-order valence-corrected chi connectivity index (χ1v) is 11.0. The van der Waals surface area contributed by atoms with Crippen LogP contribution in [0.2, 0.25) is 0 Å². The molecule has 1 aliphatic carbocycles. The van der Waals surface area contributed by atoms with Gasteiger partial charge in [-0.15, -0.1) is 0 Å². The van der Waals surface area contributed by atoms with Crippen LogP contribution in [-0.2, 0) is 16.0 Å². The number of likely N-dealkylation sites (tertiary alicyclic amines) is 1. The Balaban J connectivity index is 1.56. The third-order valence-corrected chi connectivity index (χ3v) is 6.78. The molecule has 0 N–H and O–H groups in total. The van der Waals surface area contributed by atoms with Gasteiger partial charge in [-0.3, -0.25) is 9.59 Å². The third-order valence-electron chi connectivity index (χ3n) is 6.78. The summed E-state index contributed by atoms with van der Waals surface area (Å²) in [4.78, 5) is 29.9. The molecule has 1 saturated heterocycles. The van der Waals surface area contributed by atoms with Crippen LogP contribution in [0.3, 0.4) is 0 Å². The molecule has 2 fully saturated rings. The maximum absolute atomic E-state index is 13.3. The first-order chi connectivity index (χ1) is 14.4. The van der Waals surface area contributed by atoms with Crippen molar-refractivity contribution < 1.29 is 9.59 Å². The van der Waals surface area contributed by atoms with Crippen LogP contribution in [0.4, 0.5) is 0 Å². The van der Waals surface area contributed by atoms with Crippen LogP contribution in [0.15, 0.2) is 54.6 Å². The lowest BCUT2D eigenvalue weighted by Crippen LogP contribution is -2.54. The van der Waals surface area contributed by atoms with Crippen molar-refractivity contribution in [2.75, 3.05) is 27.2 Å². The highest BCUT2D eigenvalue weighted by atomic mass is 16.2. The first-order valence-electron chi connectivity index (χ1n) is 11.0. The molecule has 30 heavy (non-hydrogen) atoms. The fourth-order valence-electron chi connectivity index (χ4n) is 4.93. The number of carbonyl (C=O) groups excluding carboxylic acids is 2. The van der Waals surface area contributed by atoms with Crippen LogP contribution in [0.5, 0.6) is 0 Å². The number of piperidine rings is 1. The molecule has 2 aromatic carbocycles. The molecule has 0 radical (unpaired) electrons. The van der Waals surface area contributed by atoms with E-state index in [-0.39, 0.29) is 17.7 Å². The van der Waals surface area contributed by atoms with Gasteiger partial charge in [-0.25, -0.2) is 0 Å². The van der Waals surface area contributed by atoms with E-state index in [2.05, 4.69) is 43.3 Å². The number of benzene rings is 2. The molecular weight excluding hydrogens is 372 g/mol. The second-order valence-corrected chi connectivity index (χ2v) is 9.40. The molecule has 2 amide bonds. The molecule has 2 aromatic rings. The Hall–Kier alpha value is -2.62. The molecule has 3 unspecified atom stereocenters. The van der Waals surface area contributed by atoms with Crippen molar-refractivity contribution >= 4 is 11.8 Å². The monoisotopic (exact) mass is 404 g/mol. The van der Waals surface area contributed by atoms with Gasteiger partial charge in [0, 0.05) is 33.1 Å². The molecule has 4 nitrogen and oxygen atoms in total. The smallest absolute Gasteiger partial charge is 0.230 e. The van der Waals surface area contributed by atoms with Crippen molar-refractivity contribution in [1.29, 1.82) is 0 Å². The second-order valence-electron chi connectivity index (χ2n) is 9.40. The van der Waals surface area contributed by atoms with E-state index in [4.69, 9.17) is 0 Å². The zero-order valence-electron chi connectivity index (χ0n) is 18.3. The molecule has 0 bridgehead atoms. The first kappa shape index (κ1) is 20.6. The summed E-state index contributed by atoms with van der Waals surface area (Å²) in [6.07, 6.45) is 3.37. The van der Waals surface area contributed by atoms with E-state index >= 15 is 0 Å². The number of nitrogens with zero attached hydrogens (tertiary/aromatic N) is 2. The Labute approximate surface area is 179 Å². The summed E-state index contributed by atoms with van der Waals surface area (Å²) in [6.45, 7) is 3.45. The Morgan fingerprint density at radius 3 is 2.27 bits per heavy atom. The van der Waals surface area contributed by atoms with Gasteiger partial charge >= 0.3 is 0 Å². The van der Waals surface area contributed by atoms with E-state index in [1.165, 1.54) is 11.1 Å². The van der Waals surface area contributed by atoms with Crippen LogP contribution in [-0.4, -0.2) is 48.8 Å². The van der Waals surface area contributed by atoms with Crippen molar-refractivity contribution in [2.24, 2.45) is 17.3 Å². The fraction of sp³-hybridized carbons (Fsp3) is 0.462. The topological polar surface area (TPSA) is 40.6 Å². The number of amides is 2. The molecule has 1 heterocycles. The van der Waals surface area contributed by atoms with Gasteiger partial charge in [-0.1, -0.05) is 61.5 Å². The molecular formula is C26H32N2O2. The lowest BCUT2D eigenvalue weighted by Gasteiger charge is -2.43. The van der Waals surface area contributed by atoms with E-state index in [0.29, 0.717) is 18.9 Å². The summed E-state index contributed by atoms with van der Waals surface area (Å²) in [7, 11) is 3.65. The minimum absolute atomic E-state index is 0.135. The Morgan fingerprint density at radius 1 is 1.03 bits per heavy atom. The highest BCUT2D eigenvalue weighted by Crippen LogP contribution is 2.42. The molecule has 2 aliphatic rings. The Kier molecular flexibility index (Phi) is 5.68. The zero-order chi connectivity index (χ0) is 21.3. The number of rotatable bonds is 5. The SMILES string of the molecule is CC1CC1C(=O)N1CCCC(Cc2ccc(-c3ccccc3)cc2)(C(=O)N(C)C)C1. The van der Waals surface area contributed by atoms with Gasteiger partial charge in [0.15, 0.2) is 0 Å². The lowest BCUT2D eigenvalue weighted by atomic mass is 9.73. The summed E-state index contributed by atoms with van der Waals surface area (Å²) in [6, 6.07) is 18.9. The minimum Gasteiger partial charge on any atom is -0.348 e. The highest BCUT2D eigenvalue weighted by Gasteiger charge is 2.48.